The van der Waals surface area contributed by atoms with Crippen molar-refractivity contribution in [2.75, 3.05) is 20.2 Å². The molecule has 3 rings (SSSR count). The number of halogens is 1. The van der Waals surface area contributed by atoms with Crippen LogP contribution >= 0.6 is 11.6 Å². The molecule has 0 spiro atoms. The van der Waals surface area contributed by atoms with Crippen molar-refractivity contribution in [3.8, 4) is 11.3 Å². The molecule has 0 aliphatic carbocycles. The first-order chi connectivity index (χ1) is 12.6. The minimum absolute atomic E-state index is 0.000260. The van der Waals surface area contributed by atoms with Crippen LogP contribution in [0.25, 0.3) is 11.3 Å². The van der Waals surface area contributed by atoms with Crippen LogP contribution in [0.2, 0.25) is 5.02 Å². The summed E-state index contributed by atoms with van der Waals surface area (Å²) in [6.07, 6.45) is 4.36. The fraction of sp³-hybridized carbons (Fsp3) is 0.421. The lowest BCUT2D eigenvalue weighted by atomic mass is 10.1. The molecule has 0 N–H and O–H groups in total. The molecule has 1 saturated heterocycles. The standard InChI is InChI=1S/C19H22ClN3O3/c1-26-19(25)16-12-17(14-8-4-5-9-15(14)20)23(21-16)13-18(24)22-10-6-2-3-7-11-22/h4-5,8-9,12H,2-3,6-7,10-11,13H2,1H3. The first kappa shape index (κ1) is 18.5. The van der Waals surface area contributed by atoms with Crippen molar-refractivity contribution in [2.24, 2.45) is 0 Å². The number of amides is 1. The molecule has 1 aromatic carbocycles. The average molecular weight is 376 g/mol. The Kier molecular flexibility index (Phi) is 5.93. The Hall–Kier alpha value is -2.34. The van der Waals surface area contributed by atoms with Gasteiger partial charge in [-0.3, -0.25) is 9.48 Å². The number of hydrogen-bond donors (Lipinski definition) is 0. The SMILES string of the molecule is COC(=O)c1cc(-c2ccccc2Cl)n(CC(=O)N2CCCCCC2)n1. The number of esters is 1. The molecule has 1 fully saturated rings. The predicted octanol–water partition coefficient (Wildman–Crippen LogP) is 3.39. The van der Waals surface area contributed by atoms with Crippen LogP contribution in [0.4, 0.5) is 0 Å². The third-order valence-corrected chi connectivity index (χ3v) is 4.90. The van der Waals surface area contributed by atoms with Crippen LogP contribution in [0.15, 0.2) is 30.3 Å². The smallest absolute Gasteiger partial charge is 0.358 e. The number of likely N-dealkylation sites (tertiary alicyclic amines) is 1. The van der Waals surface area contributed by atoms with E-state index < -0.39 is 5.97 Å². The number of ether oxygens (including phenoxy) is 1. The van der Waals surface area contributed by atoms with Crippen LogP contribution in [0.3, 0.4) is 0 Å². The highest BCUT2D eigenvalue weighted by molar-refractivity contribution is 6.33. The lowest BCUT2D eigenvalue weighted by molar-refractivity contribution is -0.131. The van der Waals surface area contributed by atoms with Crippen LogP contribution in [0.5, 0.6) is 0 Å². The summed E-state index contributed by atoms with van der Waals surface area (Å²) in [5.41, 5.74) is 1.51. The van der Waals surface area contributed by atoms with Gasteiger partial charge in [-0.05, 0) is 25.0 Å². The van der Waals surface area contributed by atoms with E-state index in [1.165, 1.54) is 7.11 Å². The fourth-order valence-corrected chi connectivity index (χ4v) is 3.41. The summed E-state index contributed by atoms with van der Waals surface area (Å²) in [7, 11) is 1.30. The topological polar surface area (TPSA) is 64.4 Å². The molecule has 0 atom stereocenters. The largest absolute Gasteiger partial charge is 0.464 e. The molecular formula is C19H22ClN3O3. The van der Waals surface area contributed by atoms with Gasteiger partial charge in [0, 0.05) is 23.7 Å². The average Bonchev–Trinajstić information content (AvgIpc) is 2.87. The van der Waals surface area contributed by atoms with Crippen LogP contribution in [0, 0.1) is 0 Å². The molecule has 26 heavy (non-hydrogen) atoms. The second-order valence-electron chi connectivity index (χ2n) is 6.34. The summed E-state index contributed by atoms with van der Waals surface area (Å²) in [6.45, 7) is 1.61. The van der Waals surface area contributed by atoms with E-state index in [0.29, 0.717) is 10.7 Å². The number of rotatable bonds is 4. The Labute approximate surface area is 157 Å². The van der Waals surface area contributed by atoms with Crippen LogP contribution in [0.1, 0.15) is 36.2 Å². The maximum Gasteiger partial charge on any atom is 0.358 e. The molecule has 1 aliphatic rings. The Balaban J connectivity index is 1.92. The van der Waals surface area contributed by atoms with Gasteiger partial charge in [-0.2, -0.15) is 5.10 Å². The molecule has 7 heteroatoms. The molecule has 6 nitrogen and oxygen atoms in total. The number of nitrogens with zero attached hydrogens (tertiary/aromatic N) is 3. The normalized spacial score (nSPS) is 14.8. The Morgan fingerprint density at radius 2 is 1.85 bits per heavy atom. The fourth-order valence-electron chi connectivity index (χ4n) is 3.18. The van der Waals surface area contributed by atoms with E-state index in [1.807, 2.05) is 23.1 Å². The first-order valence-electron chi connectivity index (χ1n) is 8.79. The molecule has 0 bridgehead atoms. The van der Waals surface area contributed by atoms with Gasteiger partial charge in [0.15, 0.2) is 5.69 Å². The van der Waals surface area contributed by atoms with Crippen molar-refractivity contribution in [3.05, 3.63) is 41.0 Å². The number of carbonyl (C=O) groups excluding carboxylic acids is 2. The third kappa shape index (κ3) is 4.07. The van der Waals surface area contributed by atoms with Crippen LogP contribution in [-0.4, -0.2) is 46.8 Å². The lowest BCUT2D eigenvalue weighted by Gasteiger charge is -2.20. The number of aromatic nitrogens is 2. The summed E-state index contributed by atoms with van der Waals surface area (Å²) in [6, 6.07) is 8.90. The van der Waals surface area contributed by atoms with Gasteiger partial charge >= 0.3 is 5.97 Å². The molecule has 0 radical (unpaired) electrons. The van der Waals surface area contributed by atoms with E-state index in [1.54, 1.807) is 16.8 Å². The van der Waals surface area contributed by atoms with E-state index in [-0.39, 0.29) is 18.1 Å². The van der Waals surface area contributed by atoms with Gasteiger partial charge in [-0.1, -0.05) is 42.6 Å². The number of methoxy groups -OCH3 is 1. The Morgan fingerprint density at radius 3 is 2.50 bits per heavy atom. The van der Waals surface area contributed by atoms with Crippen molar-refractivity contribution in [3.63, 3.8) is 0 Å². The van der Waals surface area contributed by atoms with Gasteiger partial charge in [0.1, 0.15) is 6.54 Å². The number of hydrogen-bond acceptors (Lipinski definition) is 4. The lowest BCUT2D eigenvalue weighted by Crippen LogP contribution is -2.35. The Bertz CT molecular complexity index is 795. The van der Waals surface area contributed by atoms with Crippen LogP contribution in [-0.2, 0) is 16.1 Å². The first-order valence-corrected chi connectivity index (χ1v) is 9.17. The van der Waals surface area contributed by atoms with E-state index in [9.17, 15) is 9.59 Å². The summed E-state index contributed by atoms with van der Waals surface area (Å²) < 4.78 is 6.31. The van der Waals surface area contributed by atoms with Crippen molar-refractivity contribution in [2.45, 2.75) is 32.2 Å². The molecule has 2 heterocycles. The van der Waals surface area contributed by atoms with E-state index >= 15 is 0 Å². The molecule has 0 saturated carbocycles. The second-order valence-corrected chi connectivity index (χ2v) is 6.75. The second kappa shape index (κ2) is 8.36. The number of benzene rings is 1. The molecule has 1 aromatic heterocycles. The van der Waals surface area contributed by atoms with Gasteiger partial charge in [-0.25, -0.2) is 4.79 Å². The predicted molar refractivity (Wildman–Crippen MR) is 99.1 cm³/mol. The van der Waals surface area contributed by atoms with Crippen molar-refractivity contribution < 1.29 is 14.3 Å². The highest BCUT2D eigenvalue weighted by Gasteiger charge is 2.22. The number of carbonyl (C=O) groups is 2. The van der Waals surface area contributed by atoms with Gasteiger partial charge in [0.05, 0.1) is 12.8 Å². The molecule has 1 aliphatic heterocycles. The molecule has 1 amide bonds. The molecule has 138 valence electrons. The van der Waals surface area contributed by atoms with Gasteiger partial charge < -0.3 is 9.64 Å². The highest BCUT2D eigenvalue weighted by Crippen LogP contribution is 2.28. The van der Waals surface area contributed by atoms with Gasteiger partial charge in [0.25, 0.3) is 0 Å². The van der Waals surface area contributed by atoms with Gasteiger partial charge in [-0.15, -0.1) is 0 Å². The summed E-state index contributed by atoms with van der Waals surface area (Å²) in [5, 5.41) is 4.83. The van der Waals surface area contributed by atoms with Gasteiger partial charge in [0.2, 0.25) is 5.91 Å². The summed E-state index contributed by atoms with van der Waals surface area (Å²) in [4.78, 5) is 26.5. The van der Waals surface area contributed by atoms with E-state index in [2.05, 4.69) is 5.10 Å². The van der Waals surface area contributed by atoms with E-state index in [4.69, 9.17) is 16.3 Å². The maximum absolute atomic E-state index is 12.8. The maximum atomic E-state index is 12.8. The highest BCUT2D eigenvalue weighted by atomic mass is 35.5. The minimum Gasteiger partial charge on any atom is -0.464 e. The zero-order chi connectivity index (χ0) is 18.5. The molecule has 0 unspecified atom stereocenters. The quantitative estimate of drug-likeness (QED) is 0.768. The third-order valence-electron chi connectivity index (χ3n) is 4.57. The zero-order valence-corrected chi connectivity index (χ0v) is 15.5. The van der Waals surface area contributed by atoms with Crippen molar-refractivity contribution in [1.82, 2.24) is 14.7 Å². The molecular weight excluding hydrogens is 354 g/mol. The van der Waals surface area contributed by atoms with Crippen LogP contribution < -0.4 is 0 Å². The Morgan fingerprint density at radius 1 is 1.15 bits per heavy atom. The minimum atomic E-state index is -0.542. The summed E-state index contributed by atoms with van der Waals surface area (Å²) >= 11 is 6.31. The van der Waals surface area contributed by atoms with Crippen molar-refractivity contribution >= 4 is 23.5 Å². The monoisotopic (exact) mass is 375 g/mol. The summed E-state index contributed by atoms with van der Waals surface area (Å²) in [5.74, 6) is -0.543. The van der Waals surface area contributed by atoms with E-state index in [0.717, 1.165) is 44.3 Å². The van der Waals surface area contributed by atoms with Crippen molar-refractivity contribution in [1.29, 1.82) is 0 Å². The molecule has 2 aromatic rings. The zero-order valence-electron chi connectivity index (χ0n) is 14.8.